The van der Waals surface area contributed by atoms with Gasteiger partial charge in [0.05, 0.1) is 12.6 Å². The van der Waals surface area contributed by atoms with Crippen molar-refractivity contribution in [2.45, 2.75) is 78.1 Å². The van der Waals surface area contributed by atoms with E-state index >= 15 is 0 Å². The molecule has 0 aromatic rings. The first-order valence-electron chi connectivity index (χ1n) is 7.94. The van der Waals surface area contributed by atoms with E-state index < -0.39 is 0 Å². The number of hydrogen-bond donors (Lipinski definition) is 0. The van der Waals surface area contributed by atoms with Crippen LogP contribution in [0.15, 0.2) is 0 Å². The van der Waals surface area contributed by atoms with E-state index in [1.807, 2.05) is 0 Å². The molecule has 0 fully saturated rings. The molecule has 0 bridgehead atoms. The second kappa shape index (κ2) is 14.5. The molecule has 0 rings (SSSR count). The van der Waals surface area contributed by atoms with Crippen LogP contribution in [0.5, 0.6) is 0 Å². The molecule has 0 amide bonds. The SMILES string of the molecule is CCCCCCCCCCCCN(CC)CC#N. The lowest BCUT2D eigenvalue weighted by molar-refractivity contribution is 0.312. The molecule has 0 heterocycles. The summed E-state index contributed by atoms with van der Waals surface area (Å²) in [4.78, 5) is 2.23. The summed E-state index contributed by atoms with van der Waals surface area (Å²) in [6, 6.07) is 2.23. The first-order valence-corrected chi connectivity index (χ1v) is 7.94. The molecule has 0 aromatic carbocycles. The molecule has 2 nitrogen and oxygen atoms in total. The maximum atomic E-state index is 8.64. The minimum atomic E-state index is 0.591. The maximum Gasteiger partial charge on any atom is 0.0865 e. The number of nitrogens with zero attached hydrogens (tertiary/aromatic N) is 2. The standard InChI is InChI=1S/C16H32N2/c1-3-5-6-7-8-9-10-11-12-13-15-18(4-2)16-14-17/h3-13,15-16H2,1-2H3. The van der Waals surface area contributed by atoms with E-state index in [-0.39, 0.29) is 0 Å². The van der Waals surface area contributed by atoms with Gasteiger partial charge in [0.25, 0.3) is 0 Å². The average molecular weight is 252 g/mol. The molecule has 106 valence electrons. The zero-order chi connectivity index (χ0) is 13.5. The predicted molar refractivity (Wildman–Crippen MR) is 79.6 cm³/mol. The Morgan fingerprint density at radius 1 is 0.778 bits per heavy atom. The van der Waals surface area contributed by atoms with Crippen LogP contribution in [0.1, 0.15) is 78.1 Å². The minimum Gasteiger partial charge on any atom is -0.291 e. The van der Waals surface area contributed by atoms with Gasteiger partial charge < -0.3 is 0 Å². The highest BCUT2D eigenvalue weighted by Gasteiger charge is 2.00. The van der Waals surface area contributed by atoms with Gasteiger partial charge in [-0.25, -0.2) is 0 Å². The third-order valence-corrected chi connectivity index (χ3v) is 3.57. The summed E-state index contributed by atoms with van der Waals surface area (Å²) in [5, 5.41) is 8.64. The van der Waals surface area contributed by atoms with Crippen molar-refractivity contribution in [2.75, 3.05) is 19.6 Å². The van der Waals surface area contributed by atoms with Crippen LogP contribution in [-0.2, 0) is 0 Å². The summed E-state index contributed by atoms with van der Waals surface area (Å²) in [5.41, 5.74) is 0. The topological polar surface area (TPSA) is 27.0 Å². The molecule has 18 heavy (non-hydrogen) atoms. The largest absolute Gasteiger partial charge is 0.291 e. The van der Waals surface area contributed by atoms with E-state index in [2.05, 4.69) is 24.8 Å². The zero-order valence-corrected chi connectivity index (χ0v) is 12.6. The molecule has 0 aliphatic carbocycles. The first kappa shape index (κ1) is 17.4. The lowest BCUT2D eigenvalue weighted by Gasteiger charge is -2.15. The van der Waals surface area contributed by atoms with Crippen LogP contribution in [0, 0.1) is 11.3 Å². The van der Waals surface area contributed by atoms with Gasteiger partial charge >= 0.3 is 0 Å². The smallest absolute Gasteiger partial charge is 0.0865 e. The summed E-state index contributed by atoms with van der Waals surface area (Å²) in [7, 11) is 0. The van der Waals surface area contributed by atoms with Crippen molar-refractivity contribution in [3.05, 3.63) is 0 Å². The number of unbranched alkanes of at least 4 members (excludes halogenated alkanes) is 9. The van der Waals surface area contributed by atoms with Gasteiger partial charge in [0.2, 0.25) is 0 Å². The van der Waals surface area contributed by atoms with Gasteiger partial charge in [-0.1, -0.05) is 71.6 Å². The Balaban J connectivity index is 3.13. The van der Waals surface area contributed by atoms with Crippen molar-refractivity contribution in [3.8, 4) is 6.07 Å². The lowest BCUT2D eigenvalue weighted by atomic mass is 10.1. The van der Waals surface area contributed by atoms with Crippen molar-refractivity contribution < 1.29 is 0 Å². The molecular weight excluding hydrogens is 220 g/mol. The number of rotatable bonds is 13. The zero-order valence-electron chi connectivity index (χ0n) is 12.6. The molecule has 0 unspecified atom stereocenters. The van der Waals surface area contributed by atoms with Crippen LogP contribution in [0.25, 0.3) is 0 Å². The van der Waals surface area contributed by atoms with Crippen molar-refractivity contribution in [1.82, 2.24) is 4.90 Å². The average Bonchev–Trinajstić information content (AvgIpc) is 2.39. The van der Waals surface area contributed by atoms with Gasteiger partial charge in [-0.05, 0) is 19.5 Å². The summed E-state index contributed by atoms with van der Waals surface area (Å²) in [6.07, 6.45) is 13.8. The summed E-state index contributed by atoms with van der Waals surface area (Å²) in [6.45, 7) is 7.10. The molecule has 0 N–H and O–H groups in total. The van der Waals surface area contributed by atoms with Gasteiger partial charge in [0, 0.05) is 0 Å². The van der Waals surface area contributed by atoms with Crippen LogP contribution < -0.4 is 0 Å². The Bertz CT molecular complexity index is 196. The molecule has 0 aliphatic rings. The molecule has 0 atom stereocenters. The van der Waals surface area contributed by atoms with E-state index in [1.165, 1.54) is 64.2 Å². The van der Waals surface area contributed by atoms with Gasteiger partial charge in [0.1, 0.15) is 0 Å². The molecular formula is C16H32N2. The van der Waals surface area contributed by atoms with Crippen molar-refractivity contribution in [1.29, 1.82) is 5.26 Å². The van der Waals surface area contributed by atoms with Crippen LogP contribution >= 0.6 is 0 Å². The molecule has 0 spiro atoms. The Hall–Kier alpha value is -0.550. The molecule has 2 heteroatoms. The van der Waals surface area contributed by atoms with Crippen molar-refractivity contribution >= 4 is 0 Å². The maximum absolute atomic E-state index is 8.64. The third-order valence-electron chi connectivity index (χ3n) is 3.57. The van der Waals surface area contributed by atoms with E-state index in [9.17, 15) is 0 Å². The van der Waals surface area contributed by atoms with Gasteiger partial charge in [-0.2, -0.15) is 5.26 Å². The van der Waals surface area contributed by atoms with Crippen LogP contribution in [0.3, 0.4) is 0 Å². The normalized spacial score (nSPS) is 10.8. The Kier molecular flexibility index (Phi) is 14.1. The first-order chi connectivity index (χ1) is 8.85. The molecule has 0 saturated carbocycles. The van der Waals surface area contributed by atoms with Crippen LogP contribution in [0.2, 0.25) is 0 Å². The Labute approximate surface area is 114 Å². The Morgan fingerprint density at radius 3 is 1.72 bits per heavy atom. The summed E-state index contributed by atoms with van der Waals surface area (Å²) < 4.78 is 0. The fourth-order valence-electron chi connectivity index (χ4n) is 2.27. The molecule has 0 aliphatic heterocycles. The second-order valence-electron chi connectivity index (χ2n) is 5.21. The molecule has 0 aromatic heterocycles. The molecule has 0 radical (unpaired) electrons. The molecule has 0 saturated heterocycles. The van der Waals surface area contributed by atoms with Gasteiger partial charge in [0.15, 0.2) is 0 Å². The number of nitriles is 1. The van der Waals surface area contributed by atoms with Crippen molar-refractivity contribution in [3.63, 3.8) is 0 Å². The quantitative estimate of drug-likeness (QED) is 0.349. The predicted octanol–water partition coefficient (Wildman–Crippen LogP) is 4.75. The number of hydrogen-bond acceptors (Lipinski definition) is 2. The minimum absolute atomic E-state index is 0.591. The van der Waals surface area contributed by atoms with Gasteiger partial charge in [-0.15, -0.1) is 0 Å². The fraction of sp³-hybridized carbons (Fsp3) is 0.938. The highest BCUT2D eigenvalue weighted by Crippen LogP contribution is 2.10. The van der Waals surface area contributed by atoms with Crippen LogP contribution in [-0.4, -0.2) is 24.5 Å². The van der Waals surface area contributed by atoms with E-state index in [1.54, 1.807) is 0 Å². The third kappa shape index (κ3) is 11.9. The van der Waals surface area contributed by atoms with E-state index in [0.29, 0.717) is 6.54 Å². The summed E-state index contributed by atoms with van der Waals surface area (Å²) >= 11 is 0. The highest BCUT2D eigenvalue weighted by molar-refractivity contribution is 4.75. The van der Waals surface area contributed by atoms with Gasteiger partial charge in [-0.3, -0.25) is 4.90 Å². The highest BCUT2D eigenvalue weighted by atomic mass is 15.1. The van der Waals surface area contributed by atoms with Crippen molar-refractivity contribution in [2.24, 2.45) is 0 Å². The Morgan fingerprint density at radius 2 is 1.28 bits per heavy atom. The van der Waals surface area contributed by atoms with E-state index in [4.69, 9.17) is 5.26 Å². The monoisotopic (exact) mass is 252 g/mol. The van der Waals surface area contributed by atoms with Crippen LogP contribution in [0.4, 0.5) is 0 Å². The lowest BCUT2D eigenvalue weighted by Crippen LogP contribution is -2.24. The summed E-state index contributed by atoms with van der Waals surface area (Å²) in [5.74, 6) is 0. The van der Waals surface area contributed by atoms with E-state index in [0.717, 1.165) is 13.1 Å². The fourth-order valence-corrected chi connectivity index (χ4v) is 2.27. The second-order valence-corrected chi connectivity index (χ2v) is 5.21.